The van der Waals surface area contributed by atoms with Crippen LogP contribution < -0.4 is 5.32 Å². The zero-order chi connectivity index (χ0) is 9.14. The van der Waals surface area contributed by atoms with E-state index in [2.05, 4.69) is 23.8 Å². The Balaban J connectivity index is 2.58. The lowest BCUT2D eigenvalue weighted by molar-refractivity contribution is -0.117. The van der Waals surface area contributed by atoms with E-state index in [4.69, 9.17) is 0 Å². The summed E-state index contributed by atoms with van der Waals surface area (Å²) in [5, 5.41) is 3.75. The fourth-order valence-corrected chi connectivity index (χ4v) is 2.02. The highest BCUT2D eigenvalue weighted by Crippen LogP contribution is 2.25. The standard InChI is InChI=1S/C8H12N2OS/c1-4-7-5(2)12-8(10-7)9-6(3)11/h4-5,7H,1H2,2-3H3,(H,9,10,11). The number of aliphatic imine (C=N–C) groups is 1. The molecule has 66 valence electrons. The molecule has 0 fully saturated rings. The van der Waals surface area contributed by atoms with Crippen LogP contribution in [0.4, 0.5) is 0 Å². The molecule has 1 rings (SSSR count). The summed E-state index contributed by atoms with van der Waals surface area (Å²) in [4.78, 5) is 14.9. The van der Waals surface area contributed by atoms with Gasteiger partial charge in [-0.05, 0) is 0 Å². The minimum absolute atomic E-state index is 0.0711. The van der Waals surface area contributed by atoms with Crippen molar-refractivity contribution in [1.29, 1.82) is 0 Å². The molecule has 0 bridgehead atoms. The highest BCUT2D eigenvalue weighted by atomic mass is 32.2. The monoisotopic (exact) mass is 184 g/mol. The van der Waals surface area contributed by atoms with Gasteiger partial charge in [0.1, 0.15) is 0 Å². The predicted octanol–water partition coefficient (Wildman–Crippen LogP) is 1.17. The van der Waals surface area contributed by atoms with Gasteiger partial charge in [-0.15, -0.1) is 6.58 Å². The number of amidine groups is 1. The summed E-state index contributed by atoms with van der Waals surface area (Å²) in [6, 6.07) is 0.136. The summed E-state index contributed by atoms with van der Waals surface area (Å²) < 4.78 is 0. The van der Waals surface area contributed by atoms with Gasteiger partial charge in [-0.1, -0.05) is 24.8 Å². The van der Waals surface area contributed by atoms with E-state index in [1.807, 2.05) is 0 Å². The second-order valence-electron chi connectivity index (χ2n) is 2.66. The van der Waals surface area contributed by atoms with Gasteiger partial charge in [0.05, 0.1) is 6.04 Å². The van der Waals surface area contributed by atoms with Crippen molar-refractivity contribution < 1.29 is 4.79 Å². The minimum atomic E-state index is -0.0711. The Morgan fingerprint density at radius 3 is 2.92 bits per heavy atom. The average Bonchev–Trinajstić information content (AvgIpc) is 2.29. The zero-order valence-corrected chi connectivity index (χ0v) is 8.02. The maximum atomic E-state index is 10.7. The molecule has 0 saturated heterocycles. The maximum Gasteiger partial charge on any atom is 0.222 e. The molecule has 4 heteroatoms. The Kier molecular flexibility index (Phi) is 2.92. The van der Waals surface area contributed by atoms with Crippen molar-refractivity contribution in [3.05, 3.63) is 12.7 Å². The molecular weight excluding hydrogens is 172 g/mol. The highest BCUT2D eigenvalue weighted by molar-refractivity contribution is 8.14. The molecule has 1 heterocycles. The second kappa shape index (κ2) is 3.76. The summed E-state index contributed by atoms with van der Waals surface area (Å²) in [6.45, 7) is 7.22. The molecule has 0 radical (unpaired) electrons. The van der Waals surface area contributed by atoms with Crippen LogP contribution in [0.1, 0.15) is 13.8 Å². The quantitative estimate of drug-likeness (QED) is 0.621. The van der Waals surface area contributed by atoms with Crippen LogP contribution in [0.2, 0.25) is 0 Å². The molecule has 0 aliphatic carbocycles. The summed E-state index contributed by atoms with van der Waals surface area (Å²) in [5.41, 5.74) is 0. The molecule has 2 atom stereocenters. The van der Waals surface area contributed by atoms with Crippen molar-refractivity contribution in [3.63, 3.8) is 0 Å². The van der Waals surface area contributed by atoms with Gasteiger partial charge in [-0.3, -0.25) is 9.79 Å². The Labute approximate surface area is 76.3 Å². The van der Waals surface area contributed by atoms with E-state index in [9.17, 15) is 4.79 Å². The second-order valence-corrected chi connectivity index (χ2v) is 4.03. The van der Waals surface area contributed by atoms with Gasteiger partial charge in [0.15, 0.2) is 5.17 Å². The molecule has 1 aliphatic heterocycles. The van der Waals surface area contributed by atoms with Crippen LogP contribution in [0.3, 0.4) is 0 Å². The van der Waals surface area contributed by atoms with Crippen molar-refractivity contribution in [2.24, 2.45) is 4.99 Å². The number of rotatable bonds is 1. The van der Waals surface area contributed by atoms with Gasteiger partial charge in [0.25, 0.3) is 0 Å². The first-order valence-corrected chi connectivity index (χ1v) is 4.66. The molecule has 1 aliphatic rings. The Morgan fingerprint density at radius 1 is 1.83 bits per heavy atom. The largest absolute Gasteiger partial charge is 0.306 e. The van der Waals surface area contributed by atoms with E-state index in [0.717, 1.165) is 0 Å². The third kappa shape index (κ3) is 2.11. The smallest absolute Gasteiger partial charge is 0.222 e. The normalized spacial score (nSPS) is 28.0. The number of amides is 1. The number of nitrogens with zero attached hydrogens (tertiary/aromatic N) is 1. The lowest BCUT2D eigenvalue weighted by atomic mass is 10.2. The summed E-state index contributed by atoms with van der Waals surface area (Å²) >= 11 is 1.57. The number of carbonyl (C=O) groups excluding carboxylic acids is 1. The fourth-order valence-electron chi connectivity index (χ4n) is 0.973. The summed E-state index contributed by atoms with van der Waals surface area (Å²) in [5.74, 6) is -0.0711. The molecule has 0 aromatic rings. The Morgan fingerprint density at radius 2 is 2.50 bits per heavy atom. The number of hydrogen-bond acceptors (Lipinski definition) is 3. The van der Waals surface area contributed by atoms with Gasteiger partial charge in [0, 0.05) is 12.2 Å². The van der Waals surface area contributed by atoms with E-state index in [-0.39, 0.29) is 11.9 Å². The lowest BCUT2D eigenvalue weighted by Crippen LogP contribution is -2.24. The van der Waals surface area contributed by atoms with Gasteiger partial charge >= 0.3 is 0 Å². The van der Waals surface area contributed by atoms with Crippen LogP contribution in [-0.4, -0.2) is 22.4 Å². The SMILES string of the molecule is C=CC1N=C(NC(C)=O)SC1C. The van der Waals surface area contributed by atoms with Crippen LogP contribution in [0, 0.1) is 0 Å². The first kappa shape index (κ1) is 9.32. The Hall–Kier alpha value is -0.770. The molecule has 3 nitrogen and oxygen atoms in total. The van der Waals surface area contributed by atoms with Crippen molar-refractivity contribution in [2.75, 3.05) is 0 Å². The van der Waals surface area contributed by atoms with Crippen molar-refractivity contribution in [1.82, 2.24) is 5.32 Å². The highest BCUT2D eigenvalue weighted by Gasteiger charge is 2.24. The third-order valence-corrected chi connectivity index (χ3v) is 2.65. The van der Waals surface area contributed by atoms with Crippen molar-refractivity contribution >= 4 is 22.8 Å². The summed E-state index contributed by atoms with van der Waals surface area (Å²) in [7, 11) is 0. The fraction of sp³-hybridized carbons (Fsp3) is 0.500. The molecule has 1 N–H and O–H groups in total. The number of carbonyl (C=O) groups is 1. The van der Waals surface area contributed by atoms with E-state index >= 15 is 0 Å². The third-order valence-electron chi connectivity index (χ3n) is 1.57. The van der Waals surface area contributed by atoms with Gasteiger partial charge in [0.2, 0.25) is 5.91 Å². The minimum Gasteiger partial charge on any atom is -0.306 e. The van der Waals surface area contributed by atoms with Gasteiger partial charge < -0.3 is 5.32 Å². The number of nitrogens with one attached hydrogen (secondary N) is 1. The first-order valence-electron chi connectivity index (χ1n) is 3.78. The average molecular weight is 184 g/mol. The summed E-state index contributed by atoms with van der Waals surface area (Å²) in [6.07, 6.45) is 1.80. The van der Waals surface area contributed by atoms with E-state index in [0.29, 0.717) is 10.4 Å². The molecule has 0 spiro atoms. The van der Waals surface area contributed by atoms with Crippen molar-refractivity contribution in [2.45, 2.75) is 25.1 Å². The van der Waals surface area contributed by atoms with Gasteiger partial charge in [-0.25, -0.2) is 0 Å². The molecule has 1 amide bonds. The zero-order valence-electron chi connectivity index (χ0n) is 7.20. The Bertz CT molecular complexity index is 237. The van der Waals surface area contributed by atoms with Crippen LogP contribution in [-0.2, 0) is 4.79 Å². The molecular formula is C8H12N2OS. The number of hydrogen-bond donors (Lipinski definition) is 1. The van der Waals surface area contributed by atoms with E-state index in [1.54, 1.807) is 17.8 Å². The van der Waals surface area contributed by atoms with E-state index in [1.165, 1.54) is 6.92 Å². The molecule has 0 saturated carbocycles. The van der Waals surface area contributed by atoms with Crippen molar-refractivity contribution in [3.8, 4) is 0 Å². The van der Waals surface area contributed by atoms with Gasteiger partial charge in [-0.2, -0.15) is 0 Å². The van der Waals surface area contributed by atoms with Crippen LogP contribution in [0.25, 0.3) is 0 Å². The molecule has 2 unspecified atom stereocenters. The van der Waals surface area contributed by atoms with Crippen LogP contribution in [0.15, 0.2) is 17.6 Å². The lowest BCUT2D eigenvalue weighted by Gasteiger charge is -2.04. The van der Waals surface area contributed by atoms with E-state index < -0.39 is 0 Å². The van der Waals surface area contributed by atoms with Crippen LogP contribution in [0.5, 0.6) is 0 Å². The van der Waals surface area contributed by atoms with Crippen LogP contribution >= 0.6 is 11.8 Å². The number of thioether (sulfide) groups is 1. The molecule has 12 heavy (non-hydrogen) atoms. The first-order chi connectivity index (χ1) is 5.63. The molecule has 0 aromatic heterocycles. The predicted molar refractivity (Wildman–Crippen MR) is 52.3 cm³/mol. The maximum absolute atomic E-state index is 10.7. The molecule has 0 aromatic carbocycles. The topological polar surface area (TPSA) is 41.5 Å².